The molecule has 1 saturated heterocycles. The Hall–Kier alpha value is -0.340. The van der Waals surface area contributed by atoms with Gasteiger partial charge in [-0.1, -0.05) is 39.3 Å². The molecule has 1 rings (SSSR count). The Bertz CT molecular complexity index is 231. The molecule has 1 heterocycles. The van der Waals surface area contributed by atoms with Gasteiger partial charge in [-0.3, -0.25) is 4.90 Å². The minimum absolute atomic E-state index is 0.379. The number of nitrogens with zero attached hydrogens (tertiary/aromatic N) is 1. The highest BCUT2D eigenvalue weighted by Crippen LogP contribution is 2.27. The predicted molar refractivity (Wildman–Crippen MR) is 76.4 cm³/mol. The summed E-state index contributed by atoms with van der Waals surface area (Å²) in [6, 6.07) is 0.691. The fourth-order valence-corrected chi connectivity index (χ4v) is 2.96. The zero-order chi connectivity index (χ0) is 12.7. The maximum atomic E-state index is 3.75. The Labute approximate surface area is 107 Å². The minimum Gasteiger partial charge on any atom is -0.311 e. The fourth-order valence-electron chi connectivity index (χ4n) is 2.96. The molecular formula is C15H30N2. The smallest absolute Gasteiger partial charge is 0.0332 e. The van der Waals surface area contributed by atoms with Gasteiger partial charge in [0.05, 0.1) is 0 Å². The standard InChI is InChI=1S/C15H30N2/c1-5-9-11-17-12-14(10-6-2)16-13-15(17,7-3)8-4/h5,9,14,16H,6-8,10-13H2,1-4H3/b9-5+. The van der Waals surface area contributed by atoms with E-state index in [4.69, 9.17) is 0 Å². The monoisotopic (exact) mass is 238 g/mol. The molecule has 1 fully saturated rings. The first kappa shape index (κ1) is 14.7. The molecule has 1 atom stereocenters. The summed E-state index contributed by atoms with van der Waals surface area (Å²) in [7, 11) is 0. The number of piperazine rings is 1. The summed E-state index contributed by atoms with van der Waals surface area (Å²) in [5.41, 5.74) is 0.379. The topological polar surface area (TPSA) is 15.3 Å². The second-order valence-corrected chi connectivity index (χ2v) is 5.27. The van der Waals surface area contributed by atoms with Crippen molar-refractivity contribution in [3.05, 3.63) is 12.2 Å². The number of nitrogens with one attached hydrogen (secondary N) is 1. The van der Waals surface area contributed by atoms with Crippen LogP contribution in [0.1, 0.15) is 53.4 Å². The largest absolute Gasteiger partial charge is 0.311 e. The molecule has 0 aliphatic carbocycles. The van der Waals surface area contributed by atoms with Gasteiger partial charge in [-0.05, 0) is 26.2 Å². The van der Waals surface area contributed by atoms with Gasteiger partial charge < -0.3 is 5.32 Å². The van der Waals surface area contributed by atoms with Gasteiger partial charge in [0.2, 0.25) is 0 Å². The summed E-state index contributed by atoms with van der Waals surface area (Å²) in [6.07, 6.45) is 9.54. The fraction of sp³-hybridized carbons (Fsp3) is 0.867. The first-order valence-corrected chi connectivity index (χ1v) is 7.32. The SMILES string of the molecule is C/C=C/CN1CC(CCC)NCC1(CC)CC. The first-order chi connectivity index (χ1) is 8.22. The third kappa shape index (κ3) is 3.56. The summed E-state index contributed by atoms with van der Waals surface area (Å²) in [6.45, 7) is 12.5. The molecule has 0 spiro atoms. The quantitative estimate of drug-likeness (QED) is 0.715. The van der Waals surface area contributed by atoms with Crippen LogP contribution in [-0.4, -0.2) is 36.1 Å². The lowest BCUT2D eigenvalue weighted by molar-refractivity contribution is 0.0404. The molecule has 2 heteroatoms. The molecular weight excluding hydrogens is 208 g/mol. The maximum absolute atomic E-state index is 3.75. The van der Waals surface area contributed by atoms with Crippen molar-refractivity contribution in [2.75, 3.05) is 19.6 Å². The van der Waals surface area contributed by atoms with Crippen LogP contribution in [0.15, 0.2) is 12.2 Å². The average Bonchev–Trinajstić information content (AvgIpc) is 2.37. The van der Waals surface area contributed by atoms with Crippen LogP contribution in [0, 0.1) is 0 Å². The van der Waals surface area contributed by atoms with Gasteiger partial charge in [-0.2, -0.15) is 0 Å². The van der Waals surface area contributed by atoms with Crippen LogP contribution >= 0.6 is 0 Å². The van der Waals surface area contributed by atoms with Crippen molar-refractivity contribution >= 4 is 0 Å². The molecule has 0 aromatic heterocycles. The maximum Gasteiger partial charge on any atom is 0.0332 e. The minimum atomic E-state index is 0.379. The molecule has 0 saturated carbocycles. The van der Waals surface area contributed by atoms with Crippen molar-refractivity contribution in [2.24, 2.45) is 0 Å². The summed E-state index contributed by atoms with van der Waals surface area (Å²) in [4.78, 5) is 2.70. The van der Waals surface area contributed by atoms with E-state index in [0.29, 0.717) is 11.6 Å². The second-order valence-electron chi connectivity index (χ2n) is 5.27. The number of rotatable bonds is 6. The summed E-state index contributed by atoms with van der Waals surface area (Å²) >= 11 is 0. The van der Waals surface area contributed by atoms with Gasteiger partial charge in [0.1, 0.15) is 0 Å². The van der Waals surface area contributed by atoms with Crippen molar-refractivity contribution < 1.29 is 0 Å². The molecule has 17 heavy (non-hydrogen) atoms. The van der Waals surface area contributed by atoms with Gasteiger partial charge in [-0.15, -0.1) is 0 Å². The lowest BCUT2D eigenvalue weighted by Gasteiger charge is -2.49. The molecule has 1 aliphatic heterocycles. The van der Waals surface area contributed by atoms with Crippen LogP contribution in [0.3, 0.4) is 0 Å². The normalized spacial score (nSPS) is 25.5. The summed E-state index contributed by atoms with van der Waals surface area (Å²) in [5.74, 6) is 0. The third-order valence-corrected chi connectivity index (χ3v) is 4.35. The number of allylic oxidation sites excluding steroid dienone is 1. The third-order valence-electron chi connectivity index (χ3n) is 4.35. The van der Waals surface area contributed by atoms with Gasteiger partial charge in [0, 0.05) is 31.2 Å². The molecule has 100 valence electrons. The highest BCUT2D eigenvalue weighted by Gasteiger charge is 2.37. The highest BCUT2D eigenvalue weighted by molar-refractivity contribution is 5.00. The molecule has 2 nitrogen and oxygen atoms in total. The van der Waals surface area contributed by atoms with Gasteiger partial charge in [0.25, 0.3) is 0 Å². The van der Waals surface area contributed by atoms with E-state index in [-0.39, 0.29) is 0 Å². The Kier molecular flexibility index (Phi) is 6.21. The van der Waals surface area contributed by atoms with Crippen molar-refractivity contribution in [1.29, 1.82) is 0 Å². The van der Waals surface area contributed by atoms with E-state index in [1.165, 1.54) is 32.2 Å². The van der Waals surface area contributed by atoms with Crippen LogP contribution in [0.4, 0.5) is 0 Å². The van der Waals surface area contributed by atoms with Crippen LogP contribution in [0.5, 0.6) is 0 Å². The lowest BCUT2D eigenvalue weighted by Crippen LogP contribution is -2.64. The van der Waals surface area contributed by atoms with Gasteiger partial charge >= 0.3 is 0 Å². The van der Waals surface area contributed by atoms with E-state index in [2.05, 4.69) is 50.1 Å². The summed E-state index contributed by atoms with van der Waals surface area (Å²) in [5, 5.41) is 3.75. The Balaban J connectivity index is 2.71. The molecule has 0 bridgehead atoms. The second kappa shape index (κ2) is 7.17. The lowest BCUT2D eigenvalue weighted by atomic mass is 9.86. The Morgan fingerprint density at radius 3 is 2.53 bits per heavy atom. The van der Waals surface area contributed by atoms with Crippen molar-refractivity contribution in [2.45, 2.75) is 65.0 Å². The van der Waals surface area contributed by atoms with Gasteiger partial charge in [0.15, 0.2) is 0 Å². The summed E-state index contributed by atoms with van der Waals surface area (Å²) < 4.78 is 0. The van der Waals surface area contributed by atoms with E-state index in [9.17, 15) is 0 Å². The Morgan fingerprint density at radius 1 is 1.29 bits per heavy atom. The average molecular weight is 238 g/mol. The predicted octanol–water partition coefficient (Wildman–Crippen LogP) is 3.20. The van der Waals surface area contributed by atoms with E-state index in [1.54, 1.807) is 0 Å². The molecule has 0 aromatic carbocycles. The Morgan fingerprint density at radius 2 is 2.00 bits per heavy atom. The van der Waals surface area contributed by atoms with Crippen LogP contribution < -0.4 is 5.32 Å². The van der Waals surface area contributed by atoms with Crippen LogP contribution in [-0.2, 0) is 0 Å². The van der Waals surface area contributed by atoms with Gasteiger partial charge in [-0.25, -0.2) is 0 Å². The van der Waals surface area contributed by atoms with Crippen molar-refractivity contribution in [3.8, 4) is 0 Å². The molecule has 0 amide bonds. The number of hydrogen-bond donors (Lipinski definition) is 1. The highest BCUT2D eigenvalue weighted by atomic mass is 15.3. The number of hydrogen-bond acceptors (Lipinski definition) is 2. The zero-order valence-corrected chi connectivity index (χ0v) is 12.1. The molecule has 0 radical (unpaired) electrons. The van der Waals surface area contributed by atoms with E-state index in [0.717, 1.165) is 13.1 Å². The molecule has 1 unspecified atom stereocenters. The first-order valence-electron chi connectivity index (χ1n) is 7.32. The van der Waals surface area contributed by atoms with Crippen molar-refractivity contribution in [3.63, 3.8) is 0 Å². The zero-order valence-electron chi connectivity index (χ0n) is 12.1. The van der Waals surface area contributed by atoms with E-state index in [1.807, 2.05) is 0 Å². The molecule has 0 aromatic rings. The van der Waals surface area contributed by atoms with E-state index < -0.39 is 0 Å². The van der Waals surface area contributed by atoms with E-state index >= 15 is 0 Å². The van der Waals surface area contributed by atoms with Crippen molar-refractivity contribution in [1.82, 2.24) is 10.2 Å². The van der Waals surface area contributed by atoms with Crippen LogP contribution in [0.25, 0.3) is 0 Å². The van der Waals surface area contributed by atoms with Crippen LogP contribution in [0.2, 0.25) is 0 Å². The molecule has 1 N–H and O–H groups in total. The molecule has 1 aliphatic rings.